The molecule has 0 fully saturated rings. The van der Waals surface area contributed by atoms with Crippen molar-refractivity contribution in [2.75, 3.05) is 5.32 Å². The summed E-state index contributed by atoms with van der Waals surface area (Å²) in [6.45, 7) is 0. The highest BCUT2D eigenvalue weighted by Crippen LogP contribution is 2.23. The van der Waals surface area contributed by atoms with Crippen molar-refractivity contribution in [2.24, 2.45) is 0 Å². The Labute approximate surface area is 166 Å². The highest BCUT2D eigenvalue weighted by atomic mass is 127. The van der Waals surface area contributed by atoms with Crippen molar-refractivity contribution in [1.82, 2.24) is 5.32 Å². The van der Waals surface area contributed by atoms with Gasteiger partial charge in [0.2, 0.25) is 0 Å². The summed E-state index contributed by atoms with van der Waals surface area (Å²) in [7, 11) is 0. The third-order valence-corrected chi connectivity index (χ3v) is 4.40. The molecule has 0 aliphatic heterocycles. The van der Waals surface area contributed by atoms with Gasteiger partial charge in [-0.3, -0.25) is 10.1 Å². The molecule has 0 spiro atoms. The Morgan fingerprint density at radius 2 is 1.75 bits per heavy atom. The number of carbonyl (C=O) groups is 2. The number of benzene rings is 2. The summed E-state index contributed by atoms with van der Waals surface area (Å²) >= 11 is 19.1. The molecule has 2 rings (SSSR count). The van der Waals surface area contributed by atoms with Crippen LogP contribution in [0.3, 0.4) is 0 Å². The molecule has 0 atom stereocenters. The topological polar surface area (TPSA) is 78.4 Å². The van der Waals surface area contributed by atoms with Gasteiger partial charge in [-0.1, -0.05) is 23.2 Å². The molecule has 1 amide bonds. The molecular formula is C15H9Cl2IN2O3S. The van der Waals surface area contributed by atoms with Crippen LogP contribution in [0.1, 0.15) is 20.7 Å². The first-order valence-electron chi connectivity index (χ1n) is 6.38. The number of aromatic carboxylic acids is 1. The lowest BCUT2D eigenvalue weighted by Crippen LogP contribution is -2.34. The quantitative estimate of drug-likeness (QED) is 0.434. The molecule has 0 bridgehead atoms. The fourth-order valence-electron chi connectivity index (χ4n) is 1.75. The van der Waals surface area contributed by atoms with Crippen molar-refractivity contribution < 1.29 is 14.7 Å². The van der Waals surface area contributed by atoms with E-state index in [2.05, 4.69) is 33.2 Å². The van der Waals surface area contributed by atoms with Crippen LogP contribution < -0.4 is 10.6 Å². The second kappa shape index (κ2) is 8.11. The minimum Gasteiger partial charge on any atom is -0.478 e. The van der Waals surface area contributed by atoms with Crippen LogP contribution >= 0.6 is 58.0 Å². The normalized spacial score (nSPS) is 10.1. The highest BCUT2D eigenvalue weighted by molar-refractivity contribution is 14.1. The van der Waals surface area contributed by atoms with E-state index >= 15 is 0 Å². The van der Waals surface area contributed by atoms with Gasteiger partial charge in [0, 0.05) is 3.57 Å². The van der Waals surface area contributed by atoms with Gasteiger partial charge in [-0.15, -0.1) is 0 Å². The molecule has 3 N–H and O–H groups in total. The average Bonchev–Trinajstić information content (AvgIpc) is 2.51. The zero-order valence-electron chi connectivity index (χ0n) is 11.8. The zero-order valence-corrected chi connectivity index (χ0v) is 16.3. The highest BCUT2D eigenvalue weighted by Gasteiger charge is 2.14. The molecule has 24 heavy (non-hydrogen) atoms. The summed E-state index contributed by atoms with van der Waals surface area (Å²) in [5.41, 5.74) is 0.588. The number of nitrogens with one attached hydrogen (secondary N) is 2. The summed E-state index contributed by atoms with van der Waals surface area (Å²) in [5.74, 6) is -1.59. The number of carboxylic acids is 1. The van der Waals surface area contributed by atoms with Gasteiger partial charge in [0.05, 0.1) is 26.9 Å². The molecule has 9 heteroatoms. The lowest BCUT2D eigenvalue weighted by Gasteiger charge is -2.12. The van der Waals surface area contributed by atoms with Crippen molar-refractivity contribution in [2.45, 2.75) is 0 Å². The van der Waals surface area contributed by atoms with E-state index in [1.165, 1.54) is 18.2 Å². The van der Waals surface area contributed by atoms with Crippen LogP contribution in [0.5, 0.6) is 0 Å². The molecule has 0 aliphatic carbocycles. The summed E-state index contributed by atoms with van der Waals surface area (Å²) in [6.07, 6.45) is 0. The number of hydrogen-bond donors (Lipinski definition) is 3. The predicted molar refractivity (Wildman–Crippen MR) is 106 cm³/mol. The molecule has 0 aromatic heterocycles. The standard InChI is InChI=1S/C15H9Cl2IN2O3S/c16-10-4-2-8(18)6-9(10)13(21)20-15(24)19-12-5-7(14(22)23)1-3-11(12)17/h1-6H,(H,22,23)(H2,19,20,21,24). The van der Waals surface area contributed by atoms with E-state index in [1.807, 2.05) is 0 Å². The molecule has 0 heterocycles. The maximum Gasteiger partial charge on any atom is 0.335 e. The predicted octanol–water partition coefficient (Wildman–Crippen LogP) is 4.42. The lowest BCUT2D eigenvalue weighted by molar-refractivity contribution is 0.0696. The Kier molecular flexibility index (Phi) is 6.39. The maximum atomic E-state index is 12.2. The van der Waals surface area contributed by atoms with Gasteiger partial charge < -0.3 is 10.4 Å². The molecule has 0 aliphatic rings. The number of halogens is 3. The van der Waals surface area contributed by atoms with Crippen molar-refractivity contribution in [3.8, 4) is 0 Å². The van der Waals surface area contributed by atoms with Crippen LogP contribution in [0.4, 0.5) is 5.69 Å². The van der Waals surface area contributed by atoms with E-state index in [0.717, 1.165) is 3.57 Å². The number of carbonyl (C=O) groups excluding carboxylic acids is 1. The molecular weight excluding hydrogens is 486 g/mol. The molecule has 5 nitrogen and oxygen atoms in total. The molecule has 0 saturated carbocycles. The number of amides is 1. The van der Waals surface area contributed by atoms with Crippen molar-refractivity contribution in [3.63, 3.8) is 0 Å². The van der Waals surface area contributed by atoms with Crippen LogP contribution in [0, 0.1) is 3.57 Å². The van der Waals surface area contributed by atoms with Gasteiger partial charge in [-0.25, -0.2) is 4.79 Å². The minimum absolute atomic E-state index is 0.0284. The summed E-state index contributed by atoms with van der Waals surface area (Å²) < 4.78 is 0.846. The van der Waals surface area contributed by atoms with Gasteiger partial charge in [-0.2, -0.15) is 0 Å². The number of rotatable bonds is 3. The average molecular weight is 495 g/mol. The molecule has 0 radical (unpaired) electrons. The summed E-state index contributed by atoms with van der Waals surface area (Å²) in [5, 5.41) is 14.7. The number of carboxylic acid groups (broad SMARTS) is 1. The maximum absolute atomic E-state index is 12.2. The Morgan fingerprint density at radius 3 is 2.42 bits per heavy atom. The van der Waals surface area contributed by atoms with Crippen LogP contribution in [0.15, 0.2) is 36.4 Å². The fourth-order valence-corrected chi connectivity index (χ4v) is 2.81. The number of hydrogen-bond acceptors (Lipinski definition) is 3. The van der Waals surface area contributed by atoms with E-state index in [-0.39, 0.29) is 26.9 Å². The first-order chi connectivity index (χ1) is 11.3. The molecule has 2 aromatic carbocycles. The zero-order chi connectivity index (χ0) is 17.9. The van der Waals surface area contributed by atoms with E-state index in [1.54, 1.807) is 18.2 Å². The Bertz CT molecular complexity index is 845. The molecule has 0 unspecified atom stereocenters. The Hall–Kier alpha value is -1.42. The third-order valence-electron chi connectivity index (χ3n) is 2.86. The van der Waals surface area contributed by atoms with Crippen LogP contribution in [-0.2, 0) is 0 Å². The first kappa shape index (κ1) is 18.9. The molecule has 124 valence electrons. The van der Waals surface area contributed by atoms with Gasteiger partial charge in [0.25, 0.3) is 5.91 Å². The van der Waals surface area contributed by atoms with Gasteiger partial charge in [0.1, 0.15) is 0 Å². The van der Waals surface area contributed by atoms with Crippen molar-refractivity contribution in [1.29, 1.82) is 0 Å². The van der Waals surface area contributed by atoms with Crippen LogP contribution in [0.2, 0.25) is 10.0 Å². The summed E-state index contributed by atoms with van der Waals surface area (Å²) in [4.78, 5) is 23.2. The summed E-state index contributed by atoms with van der Waals surface area (Å²) in [6, 6.07) is 9.12. The Morgan fingerprint density at radius 1 is 1.08 bits per heavy atom. The van der Waals surface area contributed by atoms with Crippen molar-refractivity contribution >= 4 is 80.7 Å². The molecule has 2 aromatic rings. The van der Waals surface area contributed by atoms with Crippen LogP contribution in [0.25, 0.3) is 0 Å². The first-order valence-corrected chi connectivity index (χ1v) is 8.62. The SMILES string of the molecule is O=C(O)c1ccc(Cl)c(NC(=S)NC(=O)c2cc(I)ccc2Cl)c1. The Balaban J connectivity index is 2.13. The molecule has 0 saturated heterocycles. The fraction of sp³-hybridized carbons (Fsp3) is 0. The van der Waals surface area contributed by atoms with Gasteiger partial charge >= 0.3 is 5.97 Å². The second-order valence-electron chi connectivity index (χ2n) is 4.53. The minimum atomic E-state index is -1.10. The van der Waals surface area contributed by atoms with Gasteiger partial charge in [-0.05, 0) is 71.2 Å². The van der Waals surface area contributed by atoms with E-state index in [0.29, 0.717) is 5.02 Å². The number of thiocarbonyl (C=S) groups is 1. The van der Waals surface area contributed by atoms with Crippen molar-refractivity contribution in [3.05, 3.63) is 61.1 Å². The largest absolute Gasteiger partial charge is 0.478 e. The van der Waals surface area contributed by atoms with Crippen LogP contribution in [-0.4, -0.2) is 22.1 Å². The lowest BCUT2D eigenvalue weighted by atomic mass is 10.2. The number of anilines is 1. The second-order valence-corrected chi connectivity index (χ2v) is 7.00. The van der Waals surface area contributed by atoms with E-state index < -0.39 is 11.9 Å². The third kappa shape index (κ3) is 4.79. The monoisotopic (exact) mass is 494 g/mol. The van der Waals surface area contributed by atoms with E-state index in [4.69, 9.17) is 40.5 Å². The smallest absolute Gasteiger partial charge is 0.335 e. The van der Waals surface area contributed by atoms with E-state index in [9.17, 15) is 9.59 Å². The van der Waals surface area contributed by atoms with Gasteiger partial charge in [0.15, 0.2) is 5.11 Å².